The highest BCUT2D eigenvalue weighted by molar-refractivity contribution is 7.99. The molecule has 2 aromatic heterocycles. The predicted molar refractivity (Wildman–Crippen MR) is 113 cm³/mol. The summed E-state index contributed by atoms with van der Waals surface area (Å²) in [7, 11) is 0. The Labute approximate surface area is 174 Å². The minimum atomic E-state index is -0.219. The fourth-order valence-corrected chi connectivity index (χ4v) is 4.25. The van der Waals surface area contributed by atoms with Gasteiger partial charge in [-0.05, 0) is 25.3 Å². The lowest BCUT2D eigenvalue weighted by molar-refractivity contribution is -0.140. The van der Waals surface area contributed by atoms with Gasteiger partial charge in [-0.2, -0.15) is 0 Å². The summed E-state index contributed by atoms with van der Waals surface area (Å²) in [6.45, 7) is 4.01. The van der Waals surface area contributed by atoms with Crippen LogP contribution in [0.2, 0.25) is 0 Å². The van der Waals surface area contributed by atoms with Gasteiger partial charge in [0.05, 0.1) is 25.0 Å². The monoisotopic (exact) mass is 414 g/mol. The average molecular weight is 415 g/mol. The summed E-state index contributed by atoms with van der Waals surface area (Å²) in [6, 6.07) is 8.14. The van der Waals surface area contributed by atoms with Crippen LogP contribution in [0.4, 0.5) is 0 Å². The zero-order chi connectivity index (χ0) is 20.1. The van der Waals surface area contributed by atoms with Gasteiger partial charge in [-0.25, -0.2) is 0 Å². The lowest BCUT2D eigenvalue weighted by Gasteiger charge is -2.14. The number of nitrogens with one attached hydrogen (secondary N) is 1. The van der Waals surface area contributed by atoms with Crippen LogP contribution >= 0.6 is 11.8 Å². The maximum Gasteiger partial charge on any atom is 0.316 e. The van der Waals surface area contributed by atoms with E-state index < -0.39 is 0 Å². The molecule has 154 valence electrons. The molecule has 3 heterocycles. The van der Waals surface area contributed by atoms with Crippen LogP contribution in [0.3, 0.4) is 0 Å². The molecule has 0 spiro atoms. The van der Waals surface area contributed by atoms with E-state index >= 15 is 0 Å². The molecule has 4 rings (SSSR count). The fraction of sp³-hybridized carbons (Fsp3) is 0.476. The smallest absolute Gasteiger partial charge is 0.316 e. The first kappa shape index (κ1) is 20.0. The molecule has 0 saturated carbocycles. The van der Waals surface area contributed by atoms with E-state index in [2.05, 4.69) is 32.7 Å². The Bertz CT molecular complexity index is 962. The summed E-state index contributed by atoms with van der Waals surface area (Å²) < 4.78 is 13.2. The number of aromatic nitrogens is 4. The zero-order valence-electron chi connectivity index (χ0n) is 16.6. The molecule has 3 aromatic rings. The van der Waals surface area contributed by atoms with Crippen LogP contribution in [-0.4, -0.2) is 50.8 Å². The van der Waals surface area contributed by atoms with E-state index in [1.54, 1.807) is 0 Å². The third-order valence-corrected chi connectivity index (χ3v) is 5.98. The normalized spacial score (nSPS) is 16.5. The lowest BCUT2D eigenvalue weighted by atomic mass is 10.1. The van der Waals surface area contributed by atoms with Crippen LogP contribution < -0.4 is 0 Å². The van der Waals surface area contributed by atoms with Crippen molar-refractivity contribution in [1.82, 2.24) is 19.7 Å². The highest BCUT2D eigenvalue weighted by Gasteiger charge is 2.23. The number of nitrogens with zero attached hydrogens (tertiary/aromatic N) is 3. The number of H-pyrrole nitrogens is 1. The van der Waals surface area contributed by atoms with Crippen LogP contribution in [0.15, 0.2) is 35.6 Å². The molecule has 1 aliphatic heterocycles. The molecule has 0 bridgehead atoms. The van der Waals surface area contributed by atoms with E-state index in [0.717, 1.165) is 54.6 Å². The van der Waals surface area contributed by atoms with E-state index in [1.807, 2.05) is 24.4 Å². The van der Waals surface area contributed by atoms with Gasteiger partial charge in [-0.15, -0.1) is 10.2 Å². The zero-order valence-corrected chi connectivity index (χ0v) is 17.4. The van der Waals surface area contributed by atoms with Gasteiger partial charge in [0.15, 0.2) is 11.0 Å². The molecule has 0 radical (unpaired) electrons. The number of hydrogen-bond donors (Lipinski definition) is 1. The van der Waals surface area contributed by atoms with E-state index in [9.17, 15) is 4.79 Å². The quantitative estimate of drug-likeness (QED) is 0.323. The van der Waals surface area contributed by atoms with Crippen molar-refractivity contribution in [3.8, 4) is 11.4 Å². The van der Waals surface area contributed by atoms with E-state index in [4.69, 9.17) is 9.47 Å². The molecule has 1 fully saturated rings. The maximum atomic E-state index is 12.0. The van der Waals surface area contributed by atoms with E-state index in [-0.39, 0.29) is 17.8 Å². The SMILES string of the molecule is CCCCOC(=O)CSc1nnc(-c2c[nH]c3ccccc23)n1CC1CCCO1. The second-order valence-corrected chi connectivity index (χ2v) is 8.10. The van der Waals surface area contributed by atoms with Gasteiger partial charge in [-0.3, -0.25) is 9.36 Å². The van der Waals surface area contributed by atoms with Crippen LogP contribution in [0, 0.1) is 0 Å². The number of carbonyl (C=O) groups is 1. The van der Waals surface area contributed by atoms with Gasteiger partial charge >= 0.3 is 5.97 Å². The Morgan fingerprint density at radius 1 is 1.38 bits per heavy atom. The Morgan fingerprint density at radius 2 is 2.28 bits per heavy atom. The van der Waals surface area contributed by atoms with E-state index in [1.165, 1.54) is 11.8 Å². The topological polar surface area (TPSA) is 82.0 Å². The first-order valence-corrected chi connectivity index (χ1v) is 11.1. The standard InChI is InChI=1S/C21H26N4O3S/c1-2-3-10-28-19(26)14-29-21-24-23-20(25(21)13-15-7-6-11-27-15)17-12-22-18-9-5-4-8-16(17)18/h4-5,8-9,12,15,22H,2-3,6-7,10-11,13-14H2,1H3. The van der Waals surface area contributed by atoms with Crippen molar-refractivity contribution in [1.29, 1.82) is 0 Å². The number of carbonyl (C=O) groups excluding carboxylic acids is 1. The van der Waals surface area contributed by atoms with Gasteiger partial charge < -0.3 is 14.5 Å². The first-order valence-electron chi connectivity index (χ1n) is 10.2. The van der Waals surface area contributed by atoms with Crippen molar-refractivity contribution >= 4 is 28.6 Å². The van der Waals surface area contributed by atoms with Crippen LogP contribution in [0.25, 0.3) is 22.3 Å². The lowest BCUT2D eigenvalue weighted by Crippen LogP contribution is -2.17. The number of thioether (sulfide) groups is 1. The summed E-state index contributed by atoms with van der Waals surface area (Å²) in [5, 5.41) is 10.7. The number of unbranched alkanes of at least 4 members (excludes halogenated alkanes) is 1. The molecule has 7 nitrogen and oxygen atoms in total. The largest absolute Gasteiger partial charge is 0.465 e. The number of hydrogen-bond acceptors (Lipinski definition) is 6. The highest BCUT2D eigenvalue weighted by atomic mass is 32.2. The van der Waals surface area contributed by atoms with Crippen molar-refractivity contribution < 1.29 is 14.3 Å². The van der Waals surface area contributed by atoms with Crippen molar-refractivity contribution in [2.45, 2.75) is 50.4 Å². The molecule has 8 heteroatoms. The number of benzene rings is 1. The summed E-state index contributed by atoms with van der Waals surface area (Å²) >= 11 is 1.37. The molecular weight excluding hydrogens is 388 g/mol. The number of rotatable bonds is 9. The average Bonchev–Trinajstić information content (AvgIpc) is 3.47. The van der Waals surface area contributed by atoms with Crippen LogP contribution in [0.1, 0.15) is 32.6 Å². The second kappa shape index (κ2) is 9.45. The molecule has 0 aliphatic carbocycles. The predicted octanol–water partition coefficient (Wildman–Crippen LogP) is 4.04. The maximum absolute atomic E-state index is 12.0. The third kappa shape index (κ3) is 4.64. The van der Waals surface area contributed by atoms with Gasteiger partial charge in [0, 0.05) is 29.3 Å². The third-order valence-electron chi connectivity index (χ3n) is 5.04. The highest BCUT2D eigenvalue weighted by Crippen LogP contribution is 2.31. The summed E-state index contributed by atoms with van der Waals surface area (Å²) in [5.74, 6) is 0.796. The minimum absolute atomic E-state index is 0.144. The molecule has 1 N–H and O–H groups in total. The van der Waals surface area contributed by atoms with Gasteiger partial charge in [-0.1, -0.05) is 43.3 Å². The van der Waals surface area contributed by atoms with Gasteiger partial charge in [0.2, 0.25) is 0 Å². The molecule has 1 aliphatic rings. The number of ether oxygens (including phenoxy) is 2. The molecule has 1 aromatic carbocycles. The Balaban J connectivity index is 1.57. The summed E-state index contributed by atoms with van der Waals surface area (Å²) in [5.41, 5.74) is 2.06. The van der Waals surface area contributed by atoms with Crippen molar-refractivity contribution in [2.24, 2.45) is 0 Å². The Hall–Kier alpha value is -2.32. The van der Waals surface area contributed by atoms with Crippen molar-refractivity contribution in [3.05, 3.63) is 30.5 Å². The number of para-hydroxylation sites is 1. The fourth-order valence-electron chi connectivity index (χ4n) is 3.50. The Kier molecular flexibility index (Phi) is 6.51. The first-order chi connectivity index (χ1) is 14.3. The summed E-state index contributed by atoms with van der Waals surface area (Å²) in [4.78, 5) is 15.3. The second-order valence-electron chi connectivity index (χ2n) is 7.16. The van der Waals surface area contributed by atoms with E-state index in [0.29, 0.717) is 18.3 Å². The molecule has 1 saturated heterocycles. The number of esters is 1. The van der Waals surface area contributed by atoms with Gasteiger partial charge in [0.25, 0.3) is 0 Å². The summed E-state index contributed by atoms with van der Waals surface area (Å²) in [6.07, 6.45) is 6.09. The van der Waals surface area contributed by atoms with Crippen LogP contribution in [-0.2, 0) is 20.8 Å². The molecule has 1 atom stereocenters. The van der Waals surface area contributed by atoms with Crippen LogP contribution in [0.5, 0.6) is 0 Å². The van der Waals surface area contributed by atoms with Gasteiger partial charge in [0.1, 0.15) is 0 Å². The van der Waals surface area contributed by atoms with Crippen molar-refractivity contribution in [2.75, 3.05) is 19.0 Å². The molecular formula is C21H26N4O3S. The molecule has 1 unspecified atom stereocenters. The minimum Gasteiger partial charge on any atom is -0.465 e. The van der Waals surface area contributed by atoms with Crippen molar-refractivity contribution in [3.63, 3.8) is 0 Å². The Morgan fingerprint density at radius 3 is 3.10 bits per heavy atom. The number of aromatic amines is 1. The number of fused-ring (bicyclic) bond motifs is 1. The molecule has 0 amide bonds. The molecule has 29 heavy (non-hydrogen) atoms.